The predicted octanol–water partition coefficient (Wildman–Crippen LogP) is 6.13. The molecule has 0 atom stereocenters. The minimum atomic E-state index is -4.54. The van der Waals surface area contributed by atoms with E-state index in [0.29, 0.717) is 5.75 Å². The molecule has 0 aromatic heterocycles. The Morgan fingerprint density at radius 1 is 1.17 bits per heavy atom. The van der Waals surface area contributed by atoms with Gasteiger partial charge < -0.3 is 5.32 Å². The summed E-state index contributed by atoms with van der Waals surface area (Å²) in [6.07, 6.45) is -4.54. The predicted molar refractivity (Wildman–Crippen MR) is 90.4 cm³/mol. The highest BCUT2D eigenvalue weighted by atomic mass is 35.5. The van der Waals surface area contributed by atoms with E-state index in [-0.39, 0.29) is 20.8 Å². The van der Waals surface area contributed by atoms with Gasteiger partial charge in [-0.25, -0.2) is 4.39 Å². The SMILES string of the molecule is Fc1cccc(CSC(=S)Nc2ccc(Cl)c(C(F)(F)F)c2)c1. The maximum Gasteiger partial charge on any atom is 0.417 e. The number of nitrogens with one attached hydrogen (secondary N) is 1. The number of alkyl halides is 3. The molecule has 0 unspecified atom stereocenters. The van der Waals surface area contributed by atoms with Crippen LogP contribution in [0.1, 0.15) is 11.1 Å². The van der Waals surface area contributed by atoms with E-state index in [1.165, 1.54) is 30.0 Å². The van der Waals surface area contributed by atoms with Crippen LogP contribution < -0.4 is 5.32 Å². The van der Waals surface area contributed by atoms with Crippen LogP contribution in [0.3, 0.4) is 0 Å². The molecule has 0 fully saturated rings. The van der Waals surface area contributed by atoms with Gasteiger partial charge in [0.1, 0.15) is 10.1 Å². The summed E-state index contributed by atoms with van der Waals surface area (Å²) in [6.45, 7) is 0. The van der Waals surface area contributed by atoms with E-state index in [1.54, 1.807) is 12.1 Å². The average Bonchev–Trinajstić information content (AvgIpc) is 2.46. The molecular formula is C15H10ClF4NS2. The third-order valence-electron chi connectivity index (χ3n) is 2.78. The highest BCUT2D eigenvalue weighted by molar-refractivity contribution is 8.22. The molecule has 0 aliphatic carbocycles. The fraction of sp³-hybridized carbons (Fsp3) is 0.133. The van der Waals surface area contributed by atoms with Gasteiger partial charge in [-0.2, -0.15) is 13.2 Å². The lowest BCUT2D eigenvalue weighted by atomic mass is 10.2. The highest BCUT2D eigenvalue weighted by Gasteiger charge is 2.33. The molecule has 23 heavy (non-hydrogen) atoms. The van der Waals surface area contributed by atoms with Crippen molar-refractivity contribution in [2.75, 3.05) is 5.32 Å². The maximum absolute atomic E-state index is 13.1. The van der Waals surface area contributed by atoms with E-state index in [9.17, 15) is 17.6 Å². The van der Waals surface area contributed by atoms with Crippen LogP contribution in [-0.4, -0.2) is 4.32 Å². The molecule has 2 rings (SSSR count). The summed E-state index contributed by atoms with van der Waals surface area (Å²) in [5.74, 6) is 0.0537. The minimum absolute atomic E-state index is 0.193. The number of hydrogen-bond donors (Lipinski definition) is 1. The number of hydrogen-bond acceptors (Lipinski definition) is 2. The van der Waals surface area contributed by atoms with Gasteiger partial charge in [0.15, 0.2) is 0 Å². The lowest BCUT2D eigenvalue weighted by molar-refractivity contribution is -0.137. The maximum atomic E-state index is 13.1. The lowest BCUT2D eigenvalue weighted by Gasteiger charge is -2.12. The quantitative estimate of drug-likeness (QED) is 0.509. The molecule has 0 spiro atoms. The smallest absolute Gasteiger partial charge is 0.341 e. The summed E-state index contributed by atoms with van der Waals surface area (Å²) in [5, 5.41) is 2.33. The fourth-order valence-corrected chi connectivity index (χ4v) is 2.94. The fourth-order valence-electron chi connectivity index (χ4n) is 1.75. The molecule has 122 valence electrons. The third-order valence-corrected chi connectivity index (χ3v) is 4.40. The van der Waals surface area contributed by atoms with Crippen molar-refractivity contribution in [3.05, 3.63) is 64.4 Å². The molecule has 1 nitrogen and oxygen atoms in total. The Balaban J connectivity index is 2.00. The van der Waals surface area contributed by atoms with E-state index < -0.39 is 11.7 Å². The molecule has 8 heteroatoms. The van der Waals surface area contributed by atoms with Crippen molar-refractivity contribution in [1.82, 2.24) is 0 Å². The molecule has 0 amide bonds. The number of benzene rings is 2. The molecule has 1 N–H and O–H groups in total. The summed E-state index contributed by atoms with van der Waals surface area (Å²) >= 11 is 11.8. The molecule has 0 bridgehead atoms. The van der Waals surface area contributed by atoms with Crippen LogP contribution in [0.5, 0.6) is 0 Å². The summed E-state index contributed by atoms with van der Waals surface area (Å²) in [7, 11) is 0. The average molecular weight is 380 g/mol. The van der Waals surface area contributed by atoms with Gasteiger partial charge in [-0.05, 0) is 35.9 Å². The molecule has 0 radical (unpaired) electrons. The van der Waals surface area contributed by atoms with Crippen molar-refractivity contribution in [2.24, 2.45) is 0 Å². The summed E-state index contributed by atoms with van der Waals surface area (Å²) < 4.78 is 51.7. The van der Waals surface area contributed by atoms with E-state index in [2.05, 4.69) is 5.32 Å². The standard InChI is InChI=1S/C15H10ClF4NS2/c16-13-5-4-11(7-12(13)15(18,19)20)21-14(22)23-8-9-2-1-3-10(17)6-9/h1-7H,8H2,(H,21,22). The first-order chi connectivity index (χ1) is 10.8. The zero-order valence-electron chi connectivity index (χ0n) is 11.5. The van der Waals surface area contributed by atoms with Crippen LogP contribution in [0.15, 0.2) is 42.5 Å². The van der Waals surface area contributed by atoms with Gasteiger partial charge in [-0.3, -0.25) is 0 Å². The van der Waals surface area contributed by atoms with Crippen LogP contribution in [0.2, 0.25) is 5.02 Å². The Morgan fingerprint density at radius 2 is 1.91 bits per heavy atom. The second-order valence-electron chi connectivity index (χ2n) is 4.52. The first kappa shape index (κ1) is 18.0. The molecule has 0 aliphatic heterocycles. The molecular weight excluding hydrogens is 370 g/mol. The Bertz CT molecular complexity index is 719. The van der Waals surface area contributed by atoms with E-state index in [4.69, 9.17) is 23.8 Å². The van der Waals surface area contributed by atoms with Crippen LogP contribution in [0, 0.1) is 5.82 Å². The molecule has 0 aliphatic rings. The first-order valence-electron chi connectivity index (χ1n) is 6.30. The van der Waals surface area contributed by atoms with Crippen LogP contribution in [0.4, 0.5) is 23.2 Å². The number of thioether (sulfide) groups is 1. The van der Waals surface area contributed by atoms with Crippen molar-refractivity contribution >= 4 is 45.6 Å². The molecule has 0 saturated heterocycles. The highest BCUT2D eigenvalue weighted by Crippen LogP contribution is 2.36. The van der Waals surface area contributed by atoms with Crippen LogP contribution >= 0.6 is 35.6 Å². The topological polar surface area (TPSA) is 12.0 Å². The summed E-state index contributed by atoms with van der Waals surface area (Å²) in [4.78, 5) is 0. The van der Waals surface area contributed by atoms with Gasteiger partial charge in [0.25, 0.3) is 0 Å². The third kappa shape index (κ3) is 5.37. The van der Waals surface area contributed by atoms with Crippen molar-refractivity contribution in [3.63, 3.8) is 0 Å². The van der Waals surface area contributed by atoms with Gasteiger partial charge in [0, 0.05) is 11.4 Å². The van der Waals surface area contributed by atoms with Crippen molar-refractivity contribution in [3.8, 4) is 0 Å². The molecule has 2 aromatic rings. The van der Waals surface area contributed by atoms with Gasteiger partial charge in [-0.1, -0.05) is 47.7 Å². The van der Waals surface area contributed by atoms with E-state index in [1.807, 2.05) is 0 Å². The van der Waals surface area contributed by atoms with E-state index in [0.717, 1.165) is 17.7 Å². The van der Waals surface area contributed by atoms with E-state index >= 15 is 0 Å². The molecule has 2 aromatic carbocycles. The Morgan fingerprint density at radius 3 is 2.57 bits per heavy atom. The summed E-state index contributed by atoms with van der Waals surface area (Å²) in [5.41, 5.74) is -0.00759. The minimum Gasteiger partial charge on any atom is -0.341 e. The second-order valence-corrected chi connectivity index (χ2v) is 6.58. The number of halogens is 5. The lowest BCUT2D eigenvalue weighted by Crippen LogP contribution is -2.09. The monoisotopic (exact) mass is 379 g/mol. The van der Waals surface area contributed by atoms with Crippen molar-refractivity contribution in [2.45, 2.75) is 11.9 Å². The van der Waals surface area contributed by atoms with Gasteiger partial charge >= 0.3 is 6.18 Å². The van der Waals surface area contributed by atoms with Gasteiger partial charge in [0.2, 0.25) is 0 Å². The summed E-state index contributed by atoms with van der Waals surface area (Å²) in [6, 6.07) is 9.49. The Labute approximate surface area is 145 Å². The Hall–Kier alpha value is -1.31. The van der Waals surface area contributed by atoms with Gasteiger partial charge in [0.05, 0.1) is 10.6 Å². The molecule has 0 saturated carbocycles. The zero-order valence-corrected chi connectivity index (χ0v) is 13.8. The largest absolute Gasteiger partial charge is 0.417 e. The zero-order chi connectivity index (χ0) is 17.0. The second kappa shape index (κ2) is 7.51. The van der Waals surface area contributed by atoms with Crippen molar-refractivity contribution < 1.29 is 17.6 Å². The number of anilines is 1. The van der Waals surface area contributed by atoms with Crippen LogP contribution in [0.25, 0.3) is 0 Å². The normalized spacial score (nSPS) is 11.3. The number of thiocarbonyl (C=S) groups is 1. The number of rotatable bonds is 3. The van der Waals surface area contributed by atoms with Crippen LogP contribution in [-0.2, 0) is 11.9 Å². The molecule has 0 heterocycles. The van der Waals surface area contributed by atoms with Gasteiger partial charge in [-0.15, -0.1) is 0 Å². The first-order valence-corrected chi connectivity index (χ1v) is 8.08. The Kier molecular flexibility index (Phi) is 5.89. The van der Waals surface area contributed by atoms with Crippen molar-refractivity contribution in [1.29, 1.82) is 0 Å².